The number of carbonyl (C=O) groups excluding carboxylic acids is 1. The predicted molar refractivity (Wildman–Crippen MR) is 75.0 cm³/mol. The lowest BCUT2D eigenvalue weighted by Gasteiger charge is -2.14. The van der Waals surface area contributed by atoms with E-state index in [0.29, 0.717) is 13.2 Å². The summed E-state index contributed by atoms with van der Waals surface area (Å²) < 4.78 is 11.6. The number of methoxy groups -OCH3 is 1. The van der Waals surface area contributed by atoms with Crippen molar-refractivity contribution < 1.29 is 14.3 Å². The fourth-order valence-corrected chi connectivity index (χ4v) is 2.64. The molecule has 0 radical (unpaired) electrons. The summed E-state index contributed by atoms with van der Waals surface area (Å²) in [5, 5.41) is 2.81. The molecule has 104 valence electrons. The Hall–Kier alpha value is -1.11. The third kappa shape index (κ3) is 3.26. The molecule has 0 saturated heterocycles. The molecule has 0 saturated carbocycles. The highest BCUT2D eigenvalue weighted by Gasteiger charge is 2.19. The minimum atomic E-state index is -0.610. The second kappa shape index (κ2) is 6.36. The Morgan fingerprint density at radius 2 is 2.42 bits per heavy atom. The van der Waals surface area contributed by atoms with E-state index in [4.69, 9.17) is 15.2 Å². The summed E-state index contributed by atoms with van der Waals surface area (Å²) in [5.41, 5.74) is 7.58. The summed E-state index contributed by atoms with van der Waals surface area (Å²) in [5.74, 6) is 0.668. The smallest absolute Gasteiger partial charge is 0.250 e. The van der Waals surface area contributed by atoms with Crippen molar-refractivity contribution in [3.63, 3.8) is 0 Å². The first kappa shape index (κ1) is 14.3. The summed E-state index contributed by atoms with van der Waals surface area (Å²) >= 11 is 3.47. The lowest BCUT2D eigenvalue weighted by molar-refractivity contribution is -0.130. The van der Waals surface area contributed by atoms with Crippen LogP contribution < -0.4 is 15.8 Å². The van der Waals surface area contributed by atoms with Gasteiger partial charge < -0.3 is 20.5 Å². The van der Waals surface area contributed by atoms with Gasteiger partial charge in [0.1, 0.15) is 11.9 Å². The van der Waals surface area contributed by atoms with Gasteiger partial charge in [0.15, 0.2) is 0 Å². The van der Waals surface area contributed by atoms with E-state index in [2.05, 4.69) is 21.2 Å². The molecule has 1 aromatic carbocycles. The minimum absolute atomic E-state index is 0.162. The second-order valence-electron chi connectivity index (χ2n) is 4.33. The number of hydrogen-bond donors (Lipinski definition) is 2. The zero-order valence-corrected chi connectivity index (χ0v) is 12.3. The molecule has 5 nitrogen and oxygen atoms in total. The van der Waals surface area contributed by atoms with Crippen molar-refractivity contribution in [2.24, 2.45) is 5.73 Å². The first-order valence-corrected chi connectivity index (χ1v) is 6.89. The van der Waals surface area contributed by atoms with Gasteiger partial charge >= 0.3 is 0 Å². The van der Waals surface area contributed by atoms with Crippen LogP contribution in [0.4, 0.5) is 0 Å². The first-order valence-electron chi connectivity index (χ1n) is 6.10. The predicted octanol–water partition coefficient (Wildman–Crippen LogP) is 0.974. The average Bonchev–Trinajstić information content (AvgIpc) is 2.85. The second-order valence-corrected chi connectivity index (χ2v) is 5.25. The molecule has 1 aliphatic rings. The molecule has 0 fully saturated rings. The molecule has 1 unspecified atom stereocenters. The Morgan fingerprint density at radius 3 is 3.11 bits per heavy atom. The molecule has 3 N–H and O–H groups in total. The van der Waals surface area contributed by atoms with Gasteiger partial charge in [-0.2, -0.15) is 0 Å². The largest absolute Gasteiger partial charge is 0.493 e. The number of ether oxygens (including phenoxy) is 2. The Labute approximate surface area is 120 Å². The number of nitrogens with one attached hydrogen (secondary N) is 1. The van der Waals surface area contributed by atoms with Gasteiger partial charge in [-0.05, 0) is 17.7 Å². The van der Waals surface area contributed by atoms with Crippen molar-refractivity contribution in [1.29, 1.82) is 0 Å². The van der Waals surface area contributed by atoms with Crippen LogP contribution >= 0.6 is 15.9 Å². The van der Waals surface area contributed by atoms with Crippen molar-refractivity contribution in [2.75, 3.05) is 20.3 Å². The monoisotopic (exact) mass is 328 g/mol. The van der Waals surface area contributed by atoms with Crippen LogP contribution in [0, 0.1) is 0 Å². The summed E-state index contributed by atoms with van der Waals surface area (Å²) in [6.45, 7) is 1.26. The Kier molecular flexibility index (Phi) is 4.79. The van der Waals surface area contributed by atoms with E-state index in [1.54, 1.807) is 0 Å². The van der Waals surface area contributed by atoms with E-state index in [0.717, 1.165) is 22.2 Å². The van der Waals surface area contributed by atoms with E-state index < -0.39 is 6.10 Å². The first-order chi connectivity index (χ1) is 9.15. The van der Waals surface area contributed by atoms with Crippen LogP contribution in [-0.4, -0.2) is 32.3 Å². The molecule has 0 bridgehead atoms. The zero-order valence-electron chi connectivity index (χ0n) is 10.7. The van der Waals surface area contributed by atoms with Crippen molar-refractivity contribution >= 4 is 21.8 Å². The molecule has 0 aliphatic carbocycles. The highest BCUT2D eigenvalue weighted by atomic mass is 79.9. The van der Waals surface area contributed by atoms with E-state index in [-0.39, 0.29) is 12.5 Å². The van der Waals surface area contributed by atoms with Crippen LogP contribution in [-0.2, 0) is 22.5 Å². The fraction of sp³-hybridized carbons (Fsp3) is 0.462. The zero-order chi connectivity index (χ0) is 13.8. The molecular formula is C13H17BrN2O3. The highest BCUT2D eigenvalue weighted by molar-refractivity contribution is 9.10. The van der Waals surface area contributed by atoms with Gasteiger partial charge in [0.25, 0.3) is 5.91 Å². The van der Waals surface area contributed by atoms with E-state index in [1.165, 1.54) is 12.7 Å². The minimum Gasteiger partial charge on any atom is -0.493 e. The summed E-state index contributed by atoms with van der Waals surface area (Å²) in [4.78, 5) is 11.8. The van der Waals surface area contributed by atoms with Crippen LogP contribution in [0.1, 0.15) is 11.1 Å². The molecule has 19 heavy (non-hydrogen) atoms. The number of nitrogens with two attached hydrogens (primary N) is 1. The third-order valence-corrected chi connectivity index (χ3v) is 3.53. The number of hydrogen-bond acceptors (Lipinski definition) is 4. The van der Waals surface area contributed by atoms with Crippen molar-refractivity contribution in [3.05, 3.63) is 27.7 Å². The lowest BCUT2D eigenvalue weighted by atomic mass is 10.1. The Balaban J connectivity index is 2.06. The van der Waals surface area contributed by atoms with Gasteiger partial charge in [0.05, 0.1) is 6.61 Å². The van der Waals surface area contributed by atoms with Crippen molar-refractivity contribution in [3.8, 4) is 5.75 Å². The average molecular weight is 329 g/mol. The van der Waals surface area contributed by atoms with Gasteiger partial charge in [0.2, 0.25) is 0 Å². The van der Waals surface area contributed by atoms with Gasteiger partial charge in [-0.25, -0.2) is 0 Å². The van der Waals surface area contributed by atoms with E-state index >= 15 is 0 Å². The maximum atomic E-state index is 11.8. The third-order valence-electron chi connectivity index (χ3n) is 3.07. The van der Waals surface area contributed by atoms with E-state index in [1.807, 2.05) is 12.1 Å². The summed E-state index contributed by atoms with van der Waals surface area (Å²) in [6, 6.07) is 4.00. The molecule has 2 rings (SSSR count). The summed E-state index contributed by atoms with van der Waals surface area (Å²) in [7, 11) is 1.47. The molecular weight excluding hydrogens is 312 g/mol. The normalized spacial score (nSPS) is 14.7. The Bertz CT molecular complexity index is 475. The van der Waals surface area contributed by atoms with Crippen molar-refractivity contribution in [1.82, 2.24) is 5.32 Å². The molecule has 0 aromatic heterocycles. The standard InChI is InChI=1S/C13H17BrN2O3/c1-18-11(6-15)13(17)16-7-9-5-10(14)4-8-2-3-19-12(8)9/h4-5,11H,2-3,6-7,15H2,1H3,(H,16,17). The SMILES string of the molecule is COC(CN)C(=O)NCc1cc(Br)cc2c1OCC2. The highest BCUT2D eigenvalue weighted by Crippen LogP contribution is 2.32. The van der Waals surface area contributed by atoms with Crippen LogP contribution in [0.15, 0.2) is 16.6 Å². The molecule has 1 amide bonds. The molecule has 6 heteroatoms. The van der Waals surface area contributed by atoms with Crippen LogP contribution in [0.5, 0.6) is 5.75 Å². The van der Waals surface area contributed by atoms with Gasteiger partial charge in [-0.15, -0.1) is 0 Å². The molecule has 1 aromatic rings. The molecule has 0 spiro atoms. The molecule has 1 heterocycles. The van der Waals surface area contributed by atoms with Crippen molar-refractivity contribution in [2.45, 2.75) is 19.1 Å². The lowest BCUT2D eigenvalue weighted by Crippen LogP contribution is -2.40. The molecule has 1 atom stereocenters. The number of benzene rings is 1. The summed E-state index contributed by atoms with van der Waals surface area (Å²) in [6.07, 6.45) is 0.292. The number of carbonyl (C=O) groups is 1. The number of halogens is 1. The number of amides is 1. The van der Waals surface area contributed by atoms with E-state index in [9.17, 15) is 4.79 Å². The van der Waals surface area contributed by atoms with Gasteiger partial charge in [-0.1, -0.05) is 15.9 Å². The van der Waals surface area contributed by atoms with Gasteiger partial charge in [0, 0.05) is 36.7 Å². The van der Waals surface area contributed by atoms with Gasteiger partial charge in [-0.3, -0.25) is 4.79 Å². The number of rotatable bonds is 5. The van der Waals surface area contributed by atoms with Crippen LogP contribution in [0.2, 0.25) is 0 Å². The van der Waals surface area contributed by atoms with Crippen LogP contribution in [0.25, 0.3) is 0 Å². The number of fused-ring (bicyclic) bond motifs is 1. The maximum Gasteiger partial charge on any atom is 0.250 e. The topological polar surface area (TPSA) is 73.6 Å². The molecule has 1 aliphatic heterocycles. The maximum absolute atomic E-state index is 11.8. The quantitative estimate of drug-likeness (QED) is 0.844. The fourth-order valence-electron chi connectivity index (χ4n) is 2.08. The Morgan fingerprint density at radius 1 is 1.63 bits per heavy atom. The van der Waals surface area contributed by atoms with Crippen LogP contribution in [0.3, 0.4) is 0 Å².